The third kappa shape index (κ3) is 3.31. The maximum absolute atomic E-state index is 12.7. The SMILES string of the molecule is Cn1cnc2[nH]c(=O)cc(C(=O)NCc3cnccc3C(C)(C)C)c21. The summed E-state index contributed by atoms with van der Waals surface area (Å²) >= 11 is 0. The third-order valence-electron chi connectivity index (χ3n) is 4.10. The number of pyridine rings is 2. The second kappa shape index (κ2) is 6.16. The van der Waals surface area contributed by atoms with Gasteiger partial charge in [-0.3, -0.25) is 14.6 Å². The van der Waals surface area contributed by atoms with Crippen molar-refractivity contribution >= 4 is 17.1 Å². The van der Waals surface area contributed by atoms with Gasteiger partial charge >= 0.3 is 0 Å². The third-order valence-corrected chi connectivity index (χ3v) is 4.10. The van der Waals surface area contributed by atoms with Gasteiger partial charge in [-0.05, 0) is 22.6 Å². The van der Waals surface area contributed by atoms with Gasteiger partial charge in [-0.15, -0.1) is 0 Å². The molecule has 0 fully saturated rings. The van der Waals surface area contributed by atoms with Crippen molar-refractivity contribution in [3.63, 3.8) is 0 Å². The smallest absolute Gasteiger partial charge is 0.254 e. The fraction of sp³-hybridized carbons (Fsp3) is 0.333. The molecular formula is C18H21N5O2. The number of hydrogen-bond acceptors (Lipinski definition) is 4. The van der Waals surface area contributed by atoms with E-state index in [-0.39, 0.29) is 16.9 Å². The minimum atomic E-state index is -0.354. The Hall–Kier alpha value is -2.96. The molecule has 130 valence electrons. The number of aryl methyl sites for hydroxylation is 1. The molecule has 3 rings (SSSR count). The van der Waals surface area contributed by atoms with E-state index in [4.69, 9.17) is 0 Å². The van der Waals surface area contributed by atoms with E-state index in [1.807, 2.05) is 6.07 Å². The molecule has 0 aliphatic heterocycles. The zero-order valence-corrected chi connectivity index (χ0v) is 14.8. The second-order valence-corrected chi connectivity index (χ2v) is 7.07. The zero-order chi connectivity index (χ0) is 18.2. The molecule has 0 unspecified atom stereocenters. The Balaban J connectivity index is 1.90. The lowest BCUT2D eigenvalue weighted by Crippen LogP contribution is -2.27. The summed E-state index contributed by atoms with van der Waals surface area (Å²) in [5.74, 6) is -0.316. The highest BCUT2D eigenvalue weighted by atomic mass is 16.2. The van der Waals surface area contributed by atoms with Gasteiger partial charge in [0, 0.05) is 32.1 Å². The molecule has 3 heterocycles. The molecule has 0 spiro atoms. The normalized spacial score (nSPS) is 11.7. The number of aromatic amines is 1. The van der Waals surface area contributed by atoms with Crippen LogP contribution in [0.4, 0.5) is 0 Å². The number of hydrogen-bond donors (Lipinski definition) is 2. The maximum atomic E-state index is 12.7. The first kappa shape index (κ1) is 16.9. The summed E-state index contributed by atoms with van der Waals surface area (Å²) < 4.78 is 1.71. The maximum Gasteiger partial charge on any atom is 0.254 e. The monoisotopic (exact) mass is 339 g/mol. The van der Waals surface area contributed by atoms with E-state index >= 15 is 0 Å². The number of rotatable bonds is 3. The van der Waals surface area contributed by atoms with Crippen LogP contribution in [0.2, 0.25) is 0 Å². The van der Waals surface area contributed by atoms with E-state index in [0.29, 0.717) is 23.3 Å². The van der Waals surface area contributed by atoms with Crippen LogP contribution in [0.25, 0.3) is 11.2 Å². The molecule has 0 aliphatic carbocycles. The quantitative estimate of drug-likeness (QED) is 0.762. The second-order valence-electron chi connectivity index (χ2n) is 7.07. The molecule has 3 aromatic heterocycles. The van der Waals surface area contributed by atoms with Gasteiger partial charge < -0.3 is 14.9 Å². The molecule has 0 aliphatic rings. The number of fused-ring (bicyclic) bond motifs is 1. The van der Waals surface area contributed by atoms with Gasteiger partial charge in [0.1, 0.15) is 0 Å². The van der Waals surface area contributed by atoms with E-state index in [9.17, 15) is 9.59 Å². The largest absolute Gasteiger partial charge is 0.348 e. The Morgan fingerprint density at radius 1 is 1.36 bits per heavy atom. The van der Waals surface area contributed by atoms with Gasteiger partial charge in [0.25, 0.3) is 5.91 Å². The zero-order valence-electron chi connectivity index (χ0n) is 14.8. The molecular weight excluding hydrogens is 318 g/mol. The fourth-order valence-electron chi connectivity index (χ4n) is 2.94. The molecule has 0 saturated carbocycles. The molecule has 0 atom stereocenters. The van der Waals surface area contributed by atoms with E-state index in [2.05, 4.69) is 41.0 Å². The predicted octanol–water partition coefficient (Wildman–Crippen LogP) is 1.88. The van der Waals surface area contributed by atoms with Crippen LogP contribution in [-0.2, 0) is 19.0 Å². The first-order valence-corrected chi connectivity index (χ1v) is 8.03. The van der Waals surface area contributed by atoms with Gasteiger partial charge in [0.05, 0.1) is 17.4 Å². The van der Waals surface area contributed by atoms with Gasteiger partial charge in [-0.1, -0.05) is 20.8 Å². The highest BCUT2D eigenvalue weighted by Gasteiger charge is 2.19. The highest BCUT2D eigenvalue weighted by molar-refractivity contribution is 6.04. The summed E-state index contributed by atoms with van der Waals surface area (Å²) in [5, 5.41) is 2.89. The van der Waals surface area contributed by atoms with Crippen LogP contribution in [0.15, 0.2) is 35.6 Å². The van der Waals surface area contributed by atoms with Crippen LogP contribution < -0.4 is 10.9 Å². The van der Waals surface area contributed by atoms with Crippen molar-refractivity contribution in [2.24, 2.45) is 7.05 Å². The van der Waals surface area contributed by atoms with Gasteiger partial charge in [-0.25, -0.2) is 4.98 Å². The summed E-state index contributed by atoms with van der Waals surface area (Å²) in [6.45, 7) is 6.68. The lowest BCUT2D eigenvalue weighted by atomic mass is 9.84. The number of nitrogens with zero attached hydrogens (tertiary/aromatic N) is 3. The average molecular weight is 339 g/mol. The molecule has 3 aromatic rings. The van der Waals surface area contributed by atoms with Crippen LogP contribution >= 0.6 is 0 Å². The molecule has 7 nitrogen and oxygen atoms in total. The van der Waals surface area contributed by atoms with Crippen LogP contribution in [0.3, 0.4) is 0 Å². The standard InChI is InChI=1S/C18H21N5O2/c1-18(2,3)13-5-6-19-8-11(13)9-20-17(25)12-7-14(24)22-16-15(12)23(4)10-21-16/h5-8,10H,9H2,1-4H3,(H,20,25)(H,22,24). The highest BCUT2D eigenvalue weighted by Crippen LogP contribution is 2.25. The van der Waals surface area contributed by atoms with Crippen molar-refractivity contribution in [1.82, 2.24) is 24.8 Å². The van der Waals surface area contributed by atoms with Crippen molar-refractivity contribution in [3.8, 4) is 0 Å². The van der Waals surface area contributed by atoms with Crippen molar-refractivity contribution in [2.45, 2.75) is 32.7 Å². The first-order valence-electron chi connectivity index (χ1n) is 8.03. The van der Waals surface area contributed by atoms with E-state index in [1.165, 1.54) is 6.07 Å². The van der Waals surface area contributed by atoms with Gasteiger partial charge in [0.2, 0.25) is 5.56 Å². The van der Waals surface area contributed by atoms with Crippen molar-refractivity contribution < 1.29 is 4.79 Å². The van der Waals surface area contributed by atoms with E-state index in [1.54, 1.807) is 30.3 Å². The Bertz CT molecular complexity index is 995. The number of aromatic nitrogens is 4. The summed E-state index contributed by atoms with van der Waals surface area (Å²) in [7, 11) is 1.78. The molecule has 0 saturated heterocycles. The number of nitrogens with one attached hydrogen (secondary N) is 2. The summed E-state index contributed by atoms with van der Waals surface area (Å²) in [6, 6.07) is 3.27. The molecule has 0 bridgehead atoms. The molecule has 2 N–H and O–H groups in total. The number of carbonyl (C=O) groups is 1. The number of carbonyl (C=O) groups excluding carboxylic acids is 1. The summed E-state index contributed by atoms with van der Waals surface area (Å²) in [5.41, 5.74) is 2.97. The minimum absolute atomic E-state index is 0.0534. The van der Waals surface area contributed by atoms with Crippen LogP contribution in [0.1, 0.15) is 42.3 Å². The molecule has 25 heavy (non-hydrogen) atoms. The summed E-state index contributed by atoms with van der Waals surface area (Å²) in [6.07, 6.45) is 5.08. The van der Waals surface area contributed by atoms with Crippen LogP contribution in [0, 0.1) is 0 Å². The lowest BCUT2D eigenvalue weighted by molar-refractivity contribution is 0.0951. The average Bonchev–Trinajstić information content (AvgIpc) is 2.92. The Kier molecular flexibility index (Phi) is 4.16. The molecule has 0 aromatic carbocycles. The first-order chi connectivity index (χ1) is 11.8. The summed E-state index contributed by atoms with van der Waals surface area (Å²) in [4.78, 5) is 35.3. The Morgan fingerprint density at radius 2 is 2.12 bits per heavy atom. The van der Waals surface area contributed by atoms with Crippen molar-refractivity contribution in [3.05, 3.63) is 57.9 Å². The van der Waals surface area contributed by atoms with Crippen LogP contribution in [-0.4, -0.2) is 25.4 Å². The minimum Gasteiger partial charge on any atom is -0.348 e. The van der Waals surface area contributed by atoms with Crippen molar-refractivity contribution in [2.75, 3.05) is 0 Å². The Morgan fingerprint density at radius 3 is 2.84 bits per heavy atom. The van der Waals surface area contributed by atoms with Gasteiger partial charge in [0.15, 0.2) is 5.65 Å². The van der Waals surface area contributed by atoms with Gasteiger partial charge in [-0.2, -0.15) is 0 Å². The number of H-pyrrole nitrogens is 1. The lowest BCUT2D eigenvalue weighted by Gasteiger charge is -2.22. The van der Waals surface area contributed by atoms with Crippen molar-refractivity contribution in [1.29, 1.82) is 0 Å². The van der Waals surface area contributed by atoms with E-state index in [0.717, 1.165) is 11.1 Å². The number of amides is 1. The predicted molar refractivity (Wildman–Crippen MR) is 95.4 cm³/mol. The fourth-order valence-corrected chi connectivity index (χ4v) is 2.94. The molecule has 7 heteroatoms. The van der Waals surface area contributed by atoms with E-state index < -0.39 is 0 Å². The van der Waals surface area contributed by atoms with Crippen LogP contribution in [0.5, 0.6) is 0 Å². The number of imidazole rings is 1. The molecule has 0 radical (unpaired) electrons. The Labute approximate surface area is 145 Å². The topological polar surface area (TPSA) is 92.7 Å². The molecule has 1 amide bonds.